The van der Waals surface area contributed by atoms with Gasteiger partial charge in [0.2, 0.25) is 0 Å². The highest BCUT2D eigenvalue weighted by Gasteiger charge is 2.17. The Kier molecular flexibility index (Phi) is 9.18. The Bertz CT molecular complexity index is 826. The van der Waals surface area contributed by atoms with E-state index in [0.717, 1.165) is 36.8 Å². The number of nitrogens with one attached hydrogen (secondary N) is 2. The summed E-state index contributed by atoms with van der Waals surface area (Å²) in [5.41, 5.74) is 3.52. The van der Waals surface area contributed by atoms with Crippen molar-refractivity contribution < 1.29 is 9.59 Å². The van der Waals surface area contributed by atoms with Crippen LogP contribution in [0.3, 0.4) is 0 Å². The standard InChI is InChI=1S/C30H40N2O2/c33-29(31-27-11-7-3-1-4-8-12-27)25-19-15-23(16-20-25)24-17-21-26(22-18-24)30(34)32-28-13-9-5-2-6-10-14-28/h15-22,27-28H,1-14H2,(H,31,33)(H,32,34). The number of carbonyl (C=O) groups excluding carboxylic acids is 2. The van der Waals surface area contributed by atoms with Crippen LogP contribution >= 0.6 is 0 Å². The van der Waals surface area contributed by atoms with Crippen LogP contribution in [-0.2, 0) is 0 Å². The van der Waals surface area contributed by atoms with Crippen LogP contribution in [0.5, 0.6) is 0 Å². The van der Waals surface area contributed by atoms with Crippen LogP contribution < -0.4 is 10.6 Å². The predicted octanol–water partition coefficient (Wildman–Crippen LogP) is 7.04. The Morgan fingerprint density at radius 2 is 0.765 bits per heavy atom. The molecule has 182 valence electrons. The van der Waals surface area contributed by atoms with Crippen LogP contribution in [0.4, 0.5) is 0 Å². The molecule has 2 aromatic carbocycles. The van der Waals surface area contributed by atoms with Gasteiger partial charge < -0.3 is 10.6 Å². The van der Waals surface area contributed by atoms with Gasteiger partial charge in [0.05, 0.1) is 0 Å². The minimum atomic E-state index is 0.0263. The van der Waals surface area contributed by atoms with Gasteiger partial charge in [-0.25, -0.2) is 0 Å². The number of carbonyl (C=O) groups is 2. The number of benzene rings is 2. The van der Waals surface area contributed by atoms with Crippen LogP contribution in [0, 0.1) is 0 Å². The summed E-state index contributed by atoms with van der Waals surface area (Å²) in [6.45, 7) is 0. The van der Waals surface area contributed by atoms with Gasteiger partial charge in [-0.2, -0.15) is 0 Å². The molecule has 0 aromatic heterocycles. The molecular weight excluding hydrogens is 420 g/mol. The maximum atomic E-state index is 12.7. The molecule has 2 aromatic rings. The van der Waals surface area contributed by atoms with Gasteiger partial charge in [0, 0.05) is 23.2 Å². The molecule has 2 N–H and O–H groups in total. The lowest BCUT2D eigenvalue weighted by Gasteiger charge is -2.21. The third kappa shape index (κ3) is 7.19. The minimum Gasteiger partial charge on any atom is -0.349 e. The lowest BCUT2D eigenvalue weighted by atomic mass is 9.96. The average Bonchev–Trinajstić information content (AvgIpc) is 2.82. The number of hydrogen-bond donors (Lipinski definition) is 2. The first kappa shape index (κ1) is 24.5. The van der Waals surface area contributed by atoms with Gasteiger partial charge in [-0.1, -0.05) is 88.5 Å². The highest BCUT2D eigenvalue weighted by Crippen LogP contribution is 2.22. The van der Waals surface area contributed by atoms with E-state index in [1.807, 2.05) is 48.5 Å². The summed E-state index contributed by atoms with van der Waals surface area (Å²) >= 11 is 0. The van der Waals surface area contributed by atoms with Crippen LogP contribution in [0.15, 0.2) is 48.5 Å². The first-order chi connectivity index (χ1) is 16.7. The molecule has 0 heterocycles. The second-order valence-electron chi connectivity index (χ2n) is 10.2. The monoisotopic (exact) mass is 460 g/mol. The molecule has 0 saturated heterocycles. The van der Waals surface area contributed by atoms with E-state index in [2.05, 4.69) is 10.6 Å². The zero-order valence-corrected chi connectivity index (χ0v) is 20.5. The lowest BCUT2D eigenvalue weighted by molar-refractivity contribution is 0.0922. The van der Waals surface area contributed by atoms with E-state index in [1.165, 1.54) is 64.2 Å². The Balaban J connectivity index is 1.32. The second kappa shape index (κ2) is 12.7. The minimum absolute atomic E-state index is 0.0263. The Morgan fingerprint density at radius 3 is 1.09 bits per heavy atom. The van der Waals surface area contributed by atoms with Crippen LogP contribution in [0.2, 0.25) is 0 Å². The van der Waals surface area contributed by atoms with Gasteiger partial charge >= 0.3 is 0 Å². The van der Waals surface area contributed by atoms with Gasteiger partial charge in [-0.3, -0.25) is 9.59 Å². The molecular formula is C30H40N2O2. The molecule has 2 saturated carbocycles. The summed E-state index contributed by atoms with van der Waals surface area (Å²) in [5, 5.41) is 6.48. The zero-order chi connectivity index (χ0) is 23.6. The first-order valence-electron chi connectivity index (χ1n) is 13.5. The summed E-state index contributed by atoms with van der Waals surface area (Å²) in [7, 11) is 0. The molecule has 0 spiro atoms. The Morgan fingerprint density at radius 1 is 0.471 bits per heavy atom. The molecule has 0 unspecified atom stereocenters. The summed E-state index contributed by atoms with van der Waals surface area (Å²) in [6, 6.07) is 16.2. The van der Waals surface area contributed by atoms with Crippen molar-refractivity contribution in [3.8, 4) is 11.1 Å². The van der Waals surface area contributed by atoms with E-state index in [1.54, 1.807) is 0 Å². The average molecular weight is 461 g/mol. The molecule has 0 aliphatic heterocycles. The van der Waals surface area contributed by atoms with Gasteiger partial charge in [-0.15, -0.1) is 0 Å². The molecule has 2 amide bonds. The van der Waals surface area contributed by atoms with Crippen molar-refractivity contribution in [2.24, 2.45) is 0 Å². The van der Waals surface area contributed by atoms with Gasteiger partial charge in [-0.05, 0) is 61.1 Å². The van der Waals surface area contributed by atoms with Crippen LogP contribution in [-0.4, -0.2) is 23.9 Å². The van der Waals surface area contributed by atoms with Crippen molar-refractivity contribution >= 4 is 11.8 Å². The predicted molar refractivity (Wildman–Crippen MR) is 139 cm³/mol. The lowest BCUT2D eigenvalue weighted by Crippen LogP contribution is -2.35. The van der Waals surface area contributed by atoms with Crippen LogP contribution in [0.1, 0.15) is 111 Å². The quantitative estimate of drug-likeness (QED) is 0.503. The number of amides is 2. The molecule has 34 heavy (non-hydrogen) atoms. The van der Waals surface area contributed by atoms with E-state index in [4.69, 9.17) is 0 Å². The molecule has 0 bridgehead atoms. The molecule has 2 aliphatic rings. The van der Waals surface area contributed by atoms with Crippen molar-refractivity contribution in [1.29, 1.82) is 0 Å². The van der Waals surface area contributed by atoms with Crippen molar-refractivity contribution in [3.05, 3.63) is 59.7 Å². The SMILES string of the molecule is O=C(NC1CCCCCCC1)c1ccc(-c2ccc(C(=O)NC3CCCCCCC3)cc2)cc1. The number of rotatable bonds is 5. The summed E-state index contributed by atoms with van der Waals surface area (Å²) < 4.78 is 0. The van der Waals surface area contributed by atoms with Crippen molar-refractivity contribution in [2.45, 2.75) is 102 Å². The molecule has 0 radical (unpaired) electrons. The molecule has 0 atom stereocenters. The maximum Gasteiger partial charge on any atom is 0.251 e. The molecule has 2 fully saturated rings. The second-order valence-corrected chi connectivity index (χ2v) is 10.2. The van der Waals surface area contributed by atoms with Gasteiger partial charge in [0.25, 0.3) is 11.8 Å². The zero-order valence-electron chi connectivity index (χ0n) is 20.5. The molecule has 4 rings (SSSR count). The highest BCUT2D eigenvalue weighted by atomic mass is 16.2. The van der Waals surface area contributed by atoms with Crippen LogP contribution in [0.25, 0.3) is 11.1 Å². The summed E-state index contributed by atoms with van der Waals surface area (Å²) in [5.74, 6) is 0.0525. The highest BCUT2D eigenvalue weighted by molar-refractivity contribution is 5.96. The van der Waals surface area contributed by atoms with Crippen molar-refractivity contribution in [2.75, 3.05) is 0 Å². The summed E-state index contributed by atoms with van der Waals surface area (Å²) in [6.07, 6.45) is 17.0. The van der Waals surface area contributed by atoms with Gasteiger partial charge in [0.15, 0.2) is 0 Å². The third-order valence-electron chi connectivity index (χ3n) is 7.51. The van der Waals surface area contributed by atoms with Gasteiger partial charge in [0.1, 0.15) is 0 Å². The summed E-state index contributed by atoms with van der Waals surface area (Å²) in [4.78, 5) is 25.5. The third-order valence-corrected chi connectivity index (χ3v) is 7.51. The normalized spacial score (nSPS) is 18.7. The van der Waals surface area contributed by atoms with E-state index in [9.17, 15) is 9.59 Å². The number of hydrogen-bond acceptors (Lipinski definition) is 2. The van der Waals surface area contributed by atoms with Crippen molar-refractivity contribution in [3.63, 3.8) is 0 Å². The Labute approximate surface area is 204 Å². The molecule has 2 aliphatic carbocycles. The molecule has 4 nitrogen and oxygen atoms in total. The largest absolute Gasteiger partial charge is 0.349 e. The maximum absolute atomic E-state index is 12.7. The fraction of sp³-hybridized carbons (Fsp3) is 0.533. The fourth-order valence-electron chi connectivity index (χ4n) is 5.37. The van der Waals surface area contributed by atoms with E-state index in [-0.39, 0.29) is 11.8 Å². The van der Waals surface area contributed by atoms with E-state index >= 15 is 0 Å². The smallest absolute Gasteiger partial charge is 0.251 e. The first-order valence-corrected chi connectivity index (χ1v) is 13.5. The Hall–Kier alpha value is -2.62. The fourth-order valence-corrected chi connectivity index (χ4v) is 5.37. The van der Waals surface area contributed by atoms with E-state index in [0.29, 0.717) is 23.2 Å². The topological polar surface area (TPSA) is 58.2 Å². The van der Waals surface area contributed by atoms with E-state index < -0.39 is 0 Å². The van der Waals surface area contributed by atoms with Crippen molar-refractivity contribution in [1.82, 2.24) is 10.6 Å². The molecule has 4 heteroatoms.